The van der Waals surface area contributed by atoms with Crippen molar-refractivity contribution >= 4 is 11.6 Å². The molecule has 8 nitrogen and oxygen atoms in total. The second kappa shape index (κ2) is 10.1. The highest BCUT2D eigenvalue weighted by Gasteiger charge is 2.28. The number of likely N-dealkylation sites (tertiary alicyclic amines) is 1. The first-order chi connectivity index (χ1) is 14.5. The Morgan fingerprint density at radius 1 is 1.27 bits per heavy atom. The van der Waals surface area contributed by atoms with Gasteiger partial charge in [-0.3, -0.25) is 19.8 Å². The molecule has 30 heavy (non-hydrogen) atoms. The van der Waals surface area contributed by atoms with E-state index in [1.165, 1.54) is 24.8 Å². The topological polar surface area (TPSA) is 93.9 Å². The lowest BCUT2D eigenvalue weighted by atomic mass is 10.0. The lowest BCUT2D eigenvalue weighted by Gasteiger charge is -2.33. The molecule has 1 heterocycles. The zero-order chi connectivity index (χ0) is 21.5. The minimum absolute atomic E-state index is 0.0237. The van der Waals surface area contributed by atoms with Crippen molar-refractivity contribution in [3.63, 3.8) is 0 Å². The molecule has 1 aliphatic heterocycles. The maximum atomic E-state index is 12.9. The Morgan fingerprint density at radius 3 is 2.70 bits per heavy atom. The normalized spacial score (nSPS) is 16.7. The fraction of sp³-hybridized carbons (Fsp3) is 0.409. The fourth-order valence-electron chi connectivity index (χ4n) is 3.73. The van der Waals surface area contributed by atoms with Crippen LogP contribution in [-0.4, -0.2) is 48.6 Å². The Balaban J connectivity index is 1.74. The first kappa shape index (κ1) is 21.6. The van der Waals surface area contributed by atoms with Gasteiger partial charge in [0.25, 0.3) is 11.6 Å². The second-order valence-corrected chi connectivity index (χ2v) is 7.24. The van der Waals surface area contributed by atoms with Gasteiger partial charge in [-0.05, 0) is 31.9 Å². The summed E-state index contributed by atoms with van der Waals surface area (Å²) in [5.41, 5.74) is 0.894. The maximum Gasteiger partial charge on any atom is 0.286 e. The summed E-state index contributed by atoms with van der Waals surface area (Å²) in [7, 11) is 1.41. The molecule has 2 aromatic carbocycles. The van der Waals surface area contributed by atoms with Gasteiger partial charge in [-0.1, -0.05) is 30.3 Å². The van der Waals surface area contributed by atoms with E-state index in [0.29, 0.717) is 18.9 Å². The molecular weight excluding hydrogens is 386 g/mol. The van der Waals surface area contributed by atoms with Crippen molar-refractivity contribution in [3.8, 4) is 11.5 Å². The molecule has 0 bridgehead atoms. The molecular formula is C22H27N3O5. The maximum absolute atomic E-state index is 12.9. The van der Waals surface area contributed by atoms with Gasteiger partial charge in [0.05, 0.1) is 24.7 Å². The smallest absolute Gasteiger partial charge is 0.286 e. The number of benzene rings is 2. The van der Waals surface area contributed by atoms with Crippen molar-refractivity contribution in [2.45, 2.75) is 32.4 Å². The molecule has 3 rings (SSSR count). The van der Waals surface area contributed by atoms with Gasteiger partial charge in [0.1, 0.15) is 5.56 Å². The highest BCUT2D eigenvalue weighted by Crippen LogP contribution is 2.35. The summed E-state index contributed by atoms with van der Waals surface area (Å²) in [5, 5.41) is 14.5. The zero-order valence-electron chi connectivity index (χ0n) is 17.3. The van der Waals surface area contributed by atoms with Gasteiger partial charge in [-0.2, -0.15) is 0 Å². The number of hydrogen-bond acceptors (Lipinski definition) is 6. The van der Waals surface area contributed by atoms with Crippen LogP contribution in [0.2, 0.25) is 0 Å². The number of rotatable bonds is 8. The fourth-order valence-corrected chi connectivity index (χ4v) is 3.73. The lowest BCUT2D eigenvalue weighted by Crippen LogP contribution is -2.47. The van der Waals surface area contributed by atoms with Crippen LogP contribution in [0, 0.1) is 10.1 Å². The van der Waals surface area contributed by atoms with Crippen LogP contribution in [-0.2, 0) is 6.54 Å². The van der Waals surface area contributed by atoms with Crippen LogP contribution in [0.5, 0.6) is 11.5 Å². The molecule has 0 aromatic heterocycles. The van der Waals surface area contributed by atoms with Crippen LogP contribution in [0.1, 0.15) is 35.7 Å². The number of piperidine rings is 1. The molecule has 0 aliphatic carbocycles. The molecule has 1 unspecified atom stereocenters. The number of nitro groups is 1. The molecule has 1 N–H and O–H groups in total. The summed E-state index contributed by atoms with van der Waals surface area (Å²) in [5.74, 6) is 0.0637. The predicted octanol–water partition coefficient (Wildman–Crippen LogP) is 3.40. The summed E-state index contributed by atoms with van der Waals surface area (Å²) in [6.07, 6.45) is 1.78. The quantitative estimate of drug-likeness (QED) is 0.527. The Morgan fingerprint density at radius 2 is 2.03 bits per heavy atom. The van der Waals surface area contributed by atoms with Gasteiger partial charge in [0.15, 0.2) is 11.5 Å². The first-order valence-electron chi connectivity index (χ1n) is 10.1. The van der Waals surface area contributed by atoms with E-state index in [1.54, 1.807) is 6.92 Å². The van der Waals surface area contributed by atoms with Gasteiger partial charge in [-0.25, -0.2) is 0 Å². The summed E-state index contributed by atoms with van der Waals surface area (Å²) < 4.78 is 10.7. The van der Waals surface area contributed by atoms with Crippen LogP contribution in [0.15, 0.2) is 42.5 Å². The minimum atomic E-state index is -0.574. The Hall–Kier alpha value is -3.13. The van der Waals surface area contributed by atoms with E-state index in [9.17, 15) is 14.9 Å². The van der Waals surface area contributed by atoms with Crippen LogP contribution in [0.3, 0.4) is 0 Å². The molecule has 2 aromatic rings. The summed E-state index contributed by atoms with van der Waals surface area (Å²) in [6, 6.07) is 12.7. The number of nitrogens with zero attached hydrogens (tertiary/aromatic N) is 2. The monoisotopic (exact) mass is 413 g/mol. The SMILES string of the molecule is CCOc1cc(C(=O)NC2CCCN(Cc3ccccc3)C2)c([N+](=O)[O-])cc1OC. The molecule has 160 valence electrons. The predicted molar refractivity (Wildman–Crippen MR) is 113 cm³/mol. The Bertz CT molecular complexity index is 888. The lowest BCUT2D eigenvalue weighted by molar-refractivity contribution is -0.385. The van der Waals surface area contributed by atoms with E-state index < -0.39 is 10.8 Å². The summed E-state index contributed by atoms with van der Waals surface area (Å²) in [4.78, 5) is 26.2. The van der Waals surface area contributed by atoms with E-state index >= 15 is 0 Å². The average Bonchev–Trinajstić information content (AvgIpc) is 2.74. The van der Waals surface area contributed by atoms with Gasteiger partial charge >= 0.3 is 0 Å². The molecule has 1 saturated heterocycles. The first-order valence-corrected chi connectivity index (χ1v) is 10.1. The second-order valence-electron chi connectivity index (χ2n) is 7.24. The van der Waals surface area contributed by atoms with Gasteiger partial charge in [0.2, 0.25) is 0 Å². The third-order valence-electron chi connectivity index (χ3n) is 5.11. The molecule has 8 heteroatoms. The molecule has 1 aliphatic rings. The van der Waals surface area contributed by atoms with Gasteiger partial charge < -0.3 is 14.8 Å². The summed E-state index contributed by atoms with van der Waals surface area (Å²) in [6.45, 7) is 4.61. The van der Waals surface area contributed by atoms with Crippen molar-refractivity contribution in [3.05, 3.63) is 63.7 Å². The minimum Gasteiger partial charge on any atom is -0.493 e. The van der Waals surface area contributed by atoms with Crippen molar-refractivity contribution in [2.24, 2.45) is 0 Å². The standard InChI is InChI=1S/C22H27N3O5/c1-3-30-21-12-18(19(25(27)28)13-20(21)29-2)22(26)23-17-10-7-11-24(15-17)14-16-8-5-4-6-9-16/h4-6,8-9,12-13,17H,3,7,10-11,14-15H2,1-2H3,(H,23,26). The molecule has 0 spiro atoms. The third-order valence-corrected chi connectivity index (χ3v) is 5.11. The van der Waals surface area contributed by atoms with Crippen molar-refractivity contribution in [1.29, 1.82) is 0 Å². The van der Waals surface area contributed by atoms with E-state index in [1.807, 2.05) is 18.2 Å². The Labute approximate surface area is 175 Å². The zero-order valence-corrected chi connectivity index (χ0v) is 17.3. The van der Waals surface area contributed by atoms with E-state index in [4.69, 9.17) is 9.47 Å². The molecule has 0 radical (unpaired) electrons. The number of carbonyl (C=O) groups excluding carboxylic acids is 1. The van der Waals surface area contributed by atoms with Crippen molar-refractivity contribution < 1.29 is 19.2 Å². The Kier molecular flexibility index (Phi) is 7.24. The van der Waals surface area contributed by atoms with Crippen LogP contribution in [0.25, 0.3) is 0 Å². The molecule has 1 fully saturated rings. The summed E-state index contributed by atoms with van der Waals surface area (Å²) >= 11 is 0. The van der Waals surface area contributed by atoms with E-state index in [2.05, 4.69) is 22.3 Å². The largest absolute Gasteiger partial charge is 0.493 e. The number of ether oxygens (including phenoxy) is 2. The number of carbonyl (C=O) groups is 1. The van der Waals surface area contributed by atoms with Crippen LogP contribution >= 0.6 is 0 Å². The molecule has 0 saturated carbocycles. The average molecular weight is 413 g/mol. The van der Waals surface area contributed by atoms with E-state index in [-0.39, 0.29) is 23.0 Å². The molecule has 1 atom stereocenters. The van der Waals surface area contributed by atoms with Crippen molar-refractivity contribution in [2.75, 3.05) is 26.8 Å². The number of nitrogens with one attached hydrogen (secondary N) is 1. The molecule has 1 amide bonds. The number of methoxy groups -OCH3 is 1. The number of nitro benzene ring substituents is 1. The number of hydrogen-bond donors (Lipinski definition) is 1. The van der Waals surface area contributed by atoms with Gasteiger partial charge in [0, 0.05) is 25.2 Å². The van der Waals surface area contributed by atoms with Crippen LogP contribution < -0.4 is 14.8 Å². The van der Waals surface area contributed by atoms with E-state index in [0.717, 1.165) is 25.9 Å². The highest BCUT2D eigenvalue weighted by atomic mass is 16.6. The van der Waals surface area contributed by atoms with Crippen molar-refractivity contribution in [1.82, 2.24) is 10.2 Å². The highest BCUT2D eigenvalue weighted by molar-refractivity contribution is 5.99. The number of amides is 1. The van der Waals surface area contributed by atoms with Gasteiger partial charge in [-0.15, -0.1) is 0 Å². The third kappa shape index (κ3) is 5.27. The van der Waals surface area contributed by atoms with Crippen LogP contribution in [0.4, 0.5) is 5.69 Å².